The molecule has 1 aromatic heterocycles. The molecule has 2 aromatic rings. The van der Waals surface area contributed by atoms with E-state index in [1.54, 1.807) is 13.3 Å². The van der Waals surface area contributed by atoms with Crippen LogP contribution in [0.3, 0.4) is 0 Å². The molecule has 5 nitrogen and oxygen atoms in total. The number of methoxy groups -OCH3 is 1. The van der Waals surface area contributed by atoms with Crippen LogP contribution in [0.4, 0.5) is 5.69 Å². The van der Waals surface area contributed by atoms with E-state index in [0.29, 0.717) is 11.2 Å². The van der Waals surface area contributed by atoms with Crippen molar-refractivity contribution in [1.82, 2.24) is 10.3 Å². The molecule has 0 saturated heterocycles. The minimum atomic E-state index is 0.465. The first-order chi connectivity index (χ1) is 12.8. The molecular formula is C20H27N3O2S. The van der Waals surface area contributed by atoms with E-state index in [4.69, 9.17) is 21.7 Å². The van der Waals surface area contributed by atoms with Gasteiger partial charge in [0.25, 0.3) is 0 Å². The van der Waals surface area contributed by atoms with Crippen LogP contribution in [0.5, 0.6) is 5.75 Å². The zero-order chi connectivity index (χ0) is 18.2. The third-order valence-corrected chi connectivity index (χ3v) is 4.96. The number of anilines is 1. The minimum absolute atomic E-state index is 0.465. The number of ether oxygens (including phenoxy) is 2. The molecule has 1 saturated carbocycles. The second-order valence-corrected chi connectivity index (χ2v) is 6.99. The number of hydrogen-bond donors (Lipinski definition) is 2. The second kappa shape index (κ2) is 9.69. The maximum Gasteiger partial charge on any atom is 0.170 e. The summed E-state index contributed by atoms with van der Waals surface area (Å²) in [7, 11) is 1.65. The first-order valence-corrected chi connectivity index (χ1v) is 9.77. The summed E-state index contributed by atoms with van der Waals surface area (Å²) in [6.45, 7) is 1.58. The maximum atomic E-state index is 5.94. The summed E-state index contributed by atoms with van der Waals surface area (Å²) in [5.74, 6) is 0.755. The van der Waals surface area contributed by atoms with E-state index in [1.165, 1.54) is 32.1 Å². The van der Waals surface area contributed by atoms with Crippen molar-refractivity contribution in [3.63, 3.8) is 0 Å². The van der Waals surface area contributed by atoms with E-state index < -0.39 is 0 Å². The van der Waals surface area contributed by atoms with Gasteiger partial charge in [-0.05, 0) is 55.7 Å². The van der Waals surface area contributed by atoms with Crippen molar-refractivity contribution in [3.8, 4) is 5.75 Å². The number of nitrogens with one attached hydrogen (secondary N) is 2. The highest BCUT2D eigenvalue weighted by Gasteiger charge is 2.13. The van der Waals surface area contributed by atoms with Gasteiger partial charge in [0, 0.05) is 30.4 Å². The topological polar surface area (TPSA) is 55.4 Å². The molecule has 26 heavy (non-hydrogen) atoms. The van der Waals surface area contributed by atoms with Gasteiger partial charge in [0.05, 0.1) is 13.2 Å². The average Bonchev–Trinajstić information content (AvgIpc) is 2.69. The molecule has 0 radical (unpaired) electrons. The Bertz CT molecular complexity index is 732. The third kappa shape index (κ3) is 5.05. The summed E-state index contributed by atoms with van der Waals surface area (Å²) in [5, 5.41) is 8.10. The molecule has 1 heterocycles. The lowest BCUT2D eigenvalue weighted by Crippen LogP contribution is -2.30. The van der Waals surface area contributed by atoms with Crippen LogP contribution in [0.25, 0.3) is 10.9 Å². The van der Waals surface area contributed by atoms with Gasteiger partial charge in [-0.2, -0.15) is 0 Å². The number of pyridine rings is 1. The number of nitrogens with zero attached hydrogens (tertiary/aromatic N) is 1. The van der Waals surface area contributed by atoms with E-state index in [-0.39, 0.29) is 0 Å². The highest BCUT2D eigenvalue weighted by atomic mass is 32.1. The van der Waals surface area contributed by atoms with Crippen LogP contribution in [-0.2, 0) is 4.74 Å². The molecule has 2 N–H and O–H groups in total. The van der Waals surface area contributed by atoms with Crippen LogP contribution >= 0.6 is 12.2 Å². The van der Waals surface area contributed by atoms with Gasteiger partial charge in [-0.3, -0.25) is 4.98 Å². The Balaban J connectivity index is 1.45. The molecule has 0 bridgehead atoms. The fourth-order valence-electron chi connectivity index (χ4n) is 3.34. The van der Waals surface area contributed by atoms with E-state index in [9.17, 15) is 0 Å². The molecule has 1 aliphatic rings. The summed E-state index contributed by atoms with van der Waals surface area (Å²) in [5.41, 5.74) is 1.74. The monoisotopic (exact) mass is 373 g/mol. The molecule has 0 amide bonds. The molecule has 0 atom stereocenters. The SMILES string of the molecule is COc1ccc(NC(=S)NCCCOC2CCCCC2)c2cccnc12. The molecule has 1 fully saturated rings. The van der Waals surface area contributed by atoms with Crippen LogP contribution < -0.4 is 15.4 Å². The third-order valence-electron chi connectivity index (χ3n) is 4.71. The first kappa shape index (κ1) is 18.9. The summed E-state index contributed by atoms with van der Waals surface area (Å²) >= 11 is 5.42. The molecule has 3 rings (SSSR count). The fraction of sp³-hybridized carbons (Fsp3) is 0.500. The molecule has 0 aliphatic heterocycles. The largest absolute Gasteiger partial charge is 0.494 e. The highest BCUT2D eigenvalue weighted by molar-refractivity contribution is 7.80. The van der Waals surface area contributed by atoms with Crippen molar-refractivity contribution in [2.45, 2.75) is 44.6 Å². The number of aromatic nitrogens is 1. The number of rotatable bonds is 7. The number of hydrogen-bond acceptors (Lipinski definition) is 4. The van der Waals surface area contributed by atoms with Crippen molar-refractivity contribution in [2.24, 2.45) is 0 Å². The van der Waals surface area contributed by atoms with Gasteiger partial charge < -0.3 is 20.1 Å². The Morgan fingerprint density at radius 3 is 2.88 bits per heavy atom. The quantitative estimate of drug-likeness (QED) is 0.558. The molecule has 6 heteroatoms. The Hall–Kier alpha value is -1.92. The molecule has 140 valence electrons. The van der Waals surface area contributed by atoms with Crippen LogP contribution in [0, 0.1) is 0 Å². The van der Waals surface area contributed by atoms with Gasteiger partial charge in [-0.25, -0.2) is 0 Å². The second-order valence-electron chi connectivity index (χ2n) is 6.58. The van der Waals surface area contributed by atoms with E-state index in [2.05, 4.69) is 15.6 Å². The lowest BCUT2D eigenvalue weighted by atomic mass is 9.98. The predicted molar refractivity (Wildman–Crippen MR) is 110 cm³/mol. The van der Waals surface area contributed by atoms with Gasteiger partial charge in [0.1, 0.15) is 11.3 Å². The number of benzene rings is 1. The molecule has 0 unspecified atom stereocenters. The van der Waals surface area contributed by atoms with Crippen molar-refractivity contribution in [1.29, 1.82) is 0 Å². The van der Waals surface area contributed by atoms with E-state index in [1.807, 2.05) is 24.3 Å². The van der Waals surface area contributed by atoms with Gasteiger partial charge in [-0.15, -0.1) is 0 Å². The normalized spacial score (nSPS) is 15.0. The maximum absolute atomic E-state index is 5.94. The molecule has 1 aromatic carbocycles. The van der Waals surface area contributed by atoms with Crippen LogP contribution in [0.2, 0.25) is 0 Å². The van der Waals surface area contributed by atoms with Gasteiger partial charge in [0.15, 0.2) is 5.11 Å². The molecular weight excluding hydrogens is 346 g/mol. The minimum Gasteiger partial charge on any atom is -0.494 e. The Morgan fingerprint density at radius 1 is 1.23 bits per heavy atom. The van der Waals surface area contributed by atoms with Crippen molar-refractivity contribution in [2.75, 3.05) is 25.6 Å². The van der Waals surface area contributed by atoms with Crippen LogP contribution in [-0.4, -0.2) is 36.5 Å². The average molecular weight is 374 g/mol. The molecule has 1 aliphatic carbocycles. The number of thiocarbonyl (C=S) groups is 1. The lowest BCUT2D eigenvalue weighted by molar-refractivity contribution is 0.0277. The van der Waals surface area contributed by atoms with E-state index >= 15 is 0 Å². The smallest absolute Gasteiger partial charge is 0.170 e. The van der Waals surface area contributed by atoms with Gasteiger partial charge in [0.2, 0.25) is 0 Å². The number of fused-ring (bicyclic) bond motifs is 1. The Kier molecular flexibility index (Phi) is 7.03. The summed E-state index contributed by atoms with van der Waals surface area (Å²) < 4.78 is 11.3. The van der Waals surface area contributed by atoms with Crippen molar-refractivity contribution < 1.29 is 9.47 Å². The van der Waals surface area contributed by atoms with Gasteiger partial charge >= 0.3 is 0 Å². The zero-order valence-corrected chi connectivity index (χ0v) is 16.1. The summed E-state index contributed by atoms with van der Waals surface area (Å²) in [6, 6.07) is 7.78. The Morgan fingerprint density at radius 2 is 2.08 bits per heavy atom. The van der Waals surface area contributed by atoms with Crippen molar-refractivity contribution in [3.05, 3.63) is 30.5 Å². The first-order valence-electron chi connectivity index (χ1n) is 9.36. The summed E-state index contributed by atoms with van der Waals surface area (Å²) in [6.07, 6.45) is 9.57. The van der Waals surface area contributed by atoms with Crippen molar-refractivity contribution >= 4 is 33.9 Å². The zero-order valence-electron chi connectivity index (χ0n) is 15.3. The highest BCUT2D eigenvalue weighted by Crippen LogP contribution is 2.29. The Labute approximate surface area is 160 Å². The summed E-state index contributed by atoms with van der Waals surface area (Å²) in [4.78, 5) is 4.41. The van der Waals surface area contributed by atoms with E-state index in [0.717, 1.165) is 41.9 Å². The lowest BCUT2D eigenvalue weighted by Gasteiger charge is -2.22. The molecule has 0 spiro atoms. The predicted octanol–water partition coefficient (Wildman–Crippen LogP) is 4.27. The van der Waals surface area contributed by atoms with Crippen LogP contribution in [0.15, 0.2) is 30.5 Å². The standard InChI is InChI=1S/C20H27N3O2S/c1-24-18-11-10-17(16-9-5-12-21-19(16)18)23-20(26)22-13-6-14-25-15-7-3-2-4-8-15/h5,9-12,15H,2-4,6-8,13-14H2,1H3,(H2,22,23,26). The van der Waals surface area contributed by atoms with Gasteiger partial charge in [-0.1, -0.05) is 19.3 Å². The van der Waals surface area contributed by atoms with Crippen LogP contribution in [0.1, 0.15) is 38.5 Å². The fourth-order valence-corrected chi connectivity index (χ4v) is 3.55.